The topological polar surface area (TPSA) is 74.0 Å². The van der Waals surface area contributed by atoms with Crippen LogP contribution in [0.2, 0.25) is 0 Å². The number of carbonyl (C=O) groups is 2. The molecule has 21 heavy (non-hydrogen) atoms. The highest BCUT2D eigenvalue weighted by Gasteiger charge is 2.42. The van der Waals surface area contributed by atoms with Gasteiger partial charge in [0, 0.05) is 12.8 Å². The van der Waals surface area contributed by atoms with Gasteiger partial charge in [-0.3, -0.25) is 4.90 Å². The maximum Gasteiger partial charge on any atom is 0.327 e. The fourth-order valence-corrected chi connectivity index (χ4v) is 3.89. The lowest BCUT2D eigenvalue weighted by Crippen LogP contribution is -2.50. The Bertz CT molecular complexity index is 491. The maximum atomic E-state index is 12.6. The Morgan fingerprint density at radius 2 is 2.33 bits per heavy atom. The van der Waals surface area contributed by atoms with Crippen molar-refractivity contribution in [3.05, 3.63) is 24.2 Å². The standard InChI is InChI=1S/C14H20N2O4S/c1-3-5-12-16(11(9-21-12)13(17)18)14(19)15(2)8-10-6-4-7-20-10/h4,6-7,11-12H,3,5,8-9H2,1-2H3,(H,17,18). The molecule has 0 bridgehead atoms. The molecule has 1 aromatic heterocycles. The molecule has 2 heterocycles. The predicted octanol–water partition coefficient (Wildman–Crippen LogP) is 2.46. The number of hydrogen-bond donors (Lipinski definition) is 1. The number of nitrogens with zero attached hydrogens (tertiary/aromatic N) is 2. The lowest BCUT2D eigenvalue weighted by molar-refractivity contribution is -0.141. The predicted molar refractivity (Wildman–Crippen MR) is 80.0 cm³/mol. The van der Waals surface area contributed by atoms with Gasteiger partial charge < -0.3 is 14.4 Å². The lowest BCUT2D eigenvalue weighted by Gasteiger charge is -2.31. The number of carboxylic acid groups (broad SMARTS) is 1. The summed E-state index contributed by atoms with van der Waals surface area (Å²) in [5.41, 5.74) is 0. The SMILES string of the molecule is CCCC1SCC(C(=O)O)N1C(=O)N(C)Cc1ccco1. The van der Waals surface area contributed by atoms with Crippen LogP contribution in [0.4, 0.5) is 4.79 Å². The fraction of sp³-hybridized carbons (Fsp3) is 0.571. The van der Waals surface area contributed by atoms with Gasteiger partial charge in [-0.2, -0.15) is 0 Å². The molecule has 1 aliphatic rings. The van der Waals surface area contributed by atoms with Crippen LogP contribution >= 0.6 is 11.8 Å². The van der Waals surface area contributed by atoms with Crippen molar-refractivity contribution < 1.29 is 19.1 Å². The highest BCUT2D eigenvalue weighted by molar-refractivity contribution is 8.00. The monoisotopic (exact) mass is 312 g/mol. The molecule has 1 aromatic rings. The normalized spacial score (nSPS) is 21.5. The van der Waals surface area contributed by atoms with Crippen LogP contribution in [0.15, 0.2) is 22.8 Å². The highest BCUT2D eigenvalue weighted by atomic mass is 32.2. The van der Waals surface area contributed by atoms with Gasteiger partial charge in [-0.15, -0.1) is 11.8 Å². The second kappa shape index (κ2) is 6.89. The molecule has 2 rings (SSSR count). The van der Waals surface area contributed by atoms with E-state index in [2.05, 4.69) is 0 Å². The van der Waals surface area contributed by atoms with Crippen molar-refractivity contribution >= 4 is 23.8 Å². The van der Waals surface area contributed by atoms with Crippen molar-refractivity contribution in [1.29, 1.82) is 0 Å². The average molecular weight is 312 g/mol. The number of hydrogen-bond acceptors (Lipinski definition) is 4. The summed E-state index contributed by atoms with van der Waals surface area (Å²) < 4.78 is 5.23. The summed E-state index contributed by atoms with van der Waals surface area (Å²) in [6, 6.07) is 2.54. The second-order valence-electron chi connectivity index (χ2n) is 5.06. The maximum absolute atomic E-state index is 12.6. The molecule has 2 atom stereocenters. The number of furan rings is 1. The van der Waals surface area contributed by atoms with Crippen LogP contribution in [-0.4, -0.2) is 51.1 Å². The van der Waals surface area contributed by atoms with E-state index in [-0.39, 0.29) is 11.4 Å². The van der Waals surface area contributed by atoms with E-state index in [1.807, 2.05) is 6.92 Å². The first-order chi connectivity index (χ1) is 10.0. The number of carboxylic acids is 1. The number of amides is 2. The van der Waals surface area contributed by atoms with Crippen molar-refractivity contribution in [2.75, 3.05) is 12.8 Å². The van der Waals surface area contributed by atoms with Crippen LogP contribution in [0.3, 0.4) is 0 Å². The van der Waals surface area contributed by atoms with E-state index in [0.717, 1.165) is 12.8 Å². The molecule has 1 fully saturated rings. The molecule has 0 spiro atoms. The molecule has 0 aliphatic carbocycles. The smallest absolute Gasteiger partial charge is 0.327 e. The molecule has 0 radical (unpaired) electrons. The third kappa shape index (κ3) is 3.53. The Morgan fingerprint density at radius 1 is 1.57 bits per heavy atom. The Balaban J connectivity index is 2.10. The molecular formula is C14H20N2O4S. The molecule has 1 N–H and O–H groups in total. The van der Waals surface area contributed by atoms with E-state index in [0.29, 0.717) is 18.1 Å². The third-order valence-electron chi connectivity index (χ3n) is 3.43. The highest BCUT2D eigenvalue weighted by Crippen LogP contribution is 2.33. The summed E-state index contributed by atoms with van der Waals surface area (Å²) in [4.78, 5) is 27.0. The summed E-state index contributed by atoms with van der Waals surface area (Å²) in [6.07, 6.45) is 3.27. The van der Waals surface area contributed by atoms with Crippen LogP contribution in [0, 0.1) is 0 Å². The first-order valence-corrected chi connectivity index (χ1v) is 7.99. The number of carbonyl (C=O) groups excluding carboxylic acids is 1. The van der Waals surface area contributed by atoms with E-state index in [1.54, 1.807) is 25.4 Å². The van der Waals surface area contributed by atoms with Crippen LogP contribution in [0.25, 0.3) is 0 Å². The van der Waals surface area contributed by atoms with E-state index in [1.165, 1.54) is 21.6 Å². The van der Waals surface area contributed by atoms with E-state index in [4.69, 9.17) is 4.42 Å². The van der Waals surface area contributed by atoms with Gasteiger partial charge in [0.05, 0.1) is 18.2 Å². The van der Waals surface area contributed by atoms with Gasteiger partial charge in [0.25, 0.3) is 0 Å². The fourth-order valence-electron chi connectivity index (χ4n) is 2.38. The van der Waals surface area contributed by atoms with Gasteiger partial charge in [-0.25, -0.2) is 9.59 Å². The zero-order valence-corrected chi connectivity index (χ0v) is 13.0. The summed E-state index contributed by atoms with van der Waals surface area (Å²) in [7, 11) is 1.66. The van der Waals surface area contributed by atoms with Crippen molar-refractivity contribution in [1.82, 2.24) is 9.80 Å². The van der Waals surface area contributed by atoms with Crippen molar-refractivity contribution in [3.8, 4) is 0 Å². The zero-order valence-electron chi connectivity index (χ0n) is 12.2. The zero-order chi connectivity index (χ0) is 15.4. The minimum absolute atomic E-state index is 0.0670. The molecule has 2 amide bonds. The van der Waals surface area contributed by atoms with Gasteiger partial charge in [0.1, 0.15) is 11.8 Å². The van der Waals surface area contributed by atoms with Crippen molar-refractivity contribution in [2.45, 2.75) is 37.7 Å². The summed E-state index contributed by atoms with van der Waals surface area (Å²) in [5, 5.41) is 9.25. The van der Waals surface area contributed by atoms with Gasteiger partial charge in [0.15, 0.2) is 0 Å². The number of thioether (sulfide) groups is 1. The van der Waals surface area contributed by atoms with Crippen LogP contribution < -0.4 is 0 Å². The summed E-state index contributed by atoms with van der Waals surface area (Å²) >= 11 is 1.54. The Hall–Kier alpha value is -1.63. The first-order valence-electron chi connectivity index (χ1n) is 6.94. The molecule has 0 saturated carbocycles. The molecule has 116 valence electrons. The molecule has 1 aliphatic heterocycles. The van der Waals surface area contributed by atoms with Gasteiger partial charge in [-0.05, 0) is 18.6 Å². The Kier molecular flexibility index (Phi) is 5.17. The van der Waals surface area contributed by atoms with Gasteiger partial charge in [0.2, 0.25) is 0 Å². The summed E-state index contributed by atoms with van der Waals surface area (Å²) in [6.45, 7) is 2.36. The molecule has 7 heteroatoms. The van der Waals surface area contributed by atoms with Crippen LogP contribution in [0.1, 0.15) is 25.5 Å². The first kappa shape index (κ1) is 15.8. The van der Waals surface area contributed by atoms with Crippen molar-refractivity contribution in [3.63, 3.8) is 0 Å². The summed E-state index contributed by atoms with van der Waals surface area (Å²) in [5.74, 6) is 0.179. The van der Waals surface area contributed by atoms with Crippen LogP contribution in [0.5, 0.6) is 0 Å². The van der Waals surface area contributed by atoms with E-state index >= 15 is 0 Å². The largest absolute Gasteiger partial charge is 0.480 e. The molecule has 1 saturated heterocycles. The van der Waals surface area contributed by atoms with Crippen molar-refractivity contribution in [2.24, 2.45) is 0 Å². The van der Waals surface area contributed by atoms with Gasteiger partial charge >= 0.3 is 12.0 Å². The van der Waals surface area contributed by atoms with Gasteiger partial charge in [-0.1, -0.05) is 13.3 Å². The molecular weight excluding hydrogens is 292 g/mol. The van der Waals surface area contributed by atoms with E-state index in [9.17, 15) is 14.7 Å². The minimum atomic E-state index is -0.944. The lowest BCUT2D eigenvalue weighted by atomic mass is 10.2. The number of urea groups is 1. The minimum Gasteiger partial charge on any atom is -0.480 e. The van der Waals surface area contributed by atoms with E-state index < -0.39 is 12.0 Å². The molecule has 6 nitrogen and oxygen atoms in total. The number of rotatable bonds is 5. The average Bonchev–Trinajstić information content (AvgIpc) is 3.07. The quantitative estimate of drug-likeness (QED) is 0.904. The molecule has 0 aromatic carbocycles. The third-order valence-corrected chi connectivity index (χ3v) is 4.79. The Morgan fingerprint density at radius 3 is 2.90 bits per heavy atom. The second-order valence-corrected chi connectivity index (χ2v) is 6.27. The number of aliphatic carboxylic acids is 1. The van der Waals surface area contributed by atoms with Crippen LogP contribution in [-0.2, 0) is 11.3 Å². The Labute approximate surface area is 128 Å². The molecule has 2 unspecified atom stereocenters.